The number of nitrogens with one attached hydrogen (secondary N) is 1. The van der Waals surface area contributed by atoms with Crippen molar-refractivity contribution in [2.24, 2.45) is 0 Å². The smallest absolute Gasteiger partial charge is 0.334 e. The number of carbonyl (C=O) groups excluding carboxylic acids is 3. The van der Waals surface area contributed by atoms with Crippen LogP contribution in [0.1, 0.15) is 29.7 Å². The highest BCUT2D eigenvalue weighted by Crippen LogP contribution is 2.30. The highest BCUT2D eigenvalue weighted by Gasteiger charge is 2.50. The summed E-state index contributed by atoms with van der Waals surface area (Å²) in [5.41, 5.74) is 11.4. The van der Waals surface area contributed by atoms with Crippen molar-refractivity contribution in [1.82, 2.24) is 34.9 Å². The number of urea groups is 1. The average Bonchev–Trinajstić information content (AvgIpc) is 3.49. The zero-order valence-corrected chi connectivity index (χ0v) is 27.1. The Morgan fingerprint density at radius 2 is 1.64 bits per heavy atom. The molecule has 4 aromatic carbocycles. The molecule has 1 aromatic heterocycles. The number of carbonyl (C=O) groups is 3. The number of nitrogens with zero attached hydrogens (tertiary/aromatic N) is 6. The molecule has 5 aromatic rings. The number of hydrogen-bond acceptors (Lipinski definition) is 7. The highest BCUT2D eigenvalue weighted by molar-refractivity contribution is 5.92. The molecule has 50 heavy (non-hydrogen) atoms. The molecule has 12 nitrogen and oxygen atoms in total. The Hall–Kier alpha value is -5.88. The summed E-state index contributed by atoms with van der Waals surface area (Å²) < 4.78 is 1.89. The Labute approximate surface area is 291 Å². The van der Waals surface area contributed by atoms with E-state index >= 15 is 0 Å². The summed E-state index contributed by atoms with van der Waals surface area (Å²) in [6, 6.07) is 28.7. The molecule has 7 rings (SSSR count). The molecule has 4 N–H and O–H groups in total. The van der Waals surface area contributed by atoms with Crippen molar-refractivity contribution in [3.05, 3.63) is 126 Å². The normalized spacial score (nSPS) is 17.8. The molecule has 0 aliphatic carbocycles. The van der Waals surface area contributed by atoms with E-state index < -0.39 is 12.2 Å². The van der Waals surface area contributed by atoms with Crippen LogP contribution in [0.2, 0.25) is 0 Å². The largest absolute Gasteiger partial charge is 0.508 e. The van der Waals surface area contributed by atoms with Gasteiger partial charge in [0.2, 0.25) is 11.8 Å². The molecule has 2 atom stereocenters. The van der Waals surface area contributed by atoms with Crippen LogP contribution in [0.25, 0.3) is 10.9 Å². The second-order valence-electron chi connectivity index (χ2n) is 12.6. The Kier molecular flexibility index (Phi) is 9.73. The van der Waals surface area contributed by atoms with Gasteiger partial charge in [0.05, 0.1) is 31.3 Å². The fourth-order valence-electron chi connectivity index (χ4n) is 6.76. The Bertz CT molecular complexity index is 2000. The van der Waals surface area contributed by atoms with Gasteiger partial charge >= 0.3 is 6.03 Å². The van der Waals surface area contributed by atoms with E-state index in [1.54, 1.807) is 51.1 Å². The van der Waals surface area contributed by atoms with Crippen LogP contribution in [0.15, 0.2) is 103 Å². The maximum atomic E-state index is 14.3. The van der Waals surface area contributed by atoms with Gasteiger partial charge in [-0.2, -0.15) is 5.10 Å². The van der Waals surface area contributed by atoms with Crippen LogP contribution in [-0.2, 0) is 35.6 Å². The van der Waals surface area contributed by atoms with E-state index in [1.165, 1.54) is 0 Å². The lowest BCUT2D eigenvalue weighted by molar-refractivity contribution is -0.187. The van der Waals surface area contributed by atoms with Crippen molar-refractivity contribution in [3.63, 3.8) is 0 Å². The lowest BCUT2D eigenvalue weighted by atomic mass is 9.98. The lowest BCUT2D eigenvalue weighted by Crippen LogP contribution is -2.76. The SMILES string of the molecule is C.CN1CC(=O)N2[C@@H](Cc3ccc(O)cc3)C(=O)N(Cc3ccc4cnn(Cc5ccccc5N)c4c3)C[C@@H]2N1C(=O)NCc1ccccc1. The van der Waals surface area contributed by atoms with Crippen LogP contribution in [0, 0.1) is 0 Å². The van der Waals surface area contributed by atoms with E-state index in [-0.39, 0.29) is 57.1 Å². The van der Waals surface area contributed by atoms with E-state index in [0.29, 0.717) is 18.8 Å². The standard InChI is InChI=1S/C37H38N8O4.CH4/c1-41-24-35(47)44-33(17-25-12-15-30(46)16-13-25)36(48)42(23-34(44)45(41)37(49)39-19-26-7-3-2-4-8-26)21-27-11-14-28-20-40-43(32(28)18-27)22-29-9-5-6-10-31(29)38;/h2-16,18,20,33-34,46H,17,19,21-24,38H2,1H3,(H,39,49);1H4/t33-,34-;/m0./s1. The predicted molar refractivity (Wildman–Crippen MR) is 191 cm³/mol. The molecule has 2 aliphatic heterocycles. The van der Waals surface area contributed by atoms with Gasteiger partial charge in [-0.25, -0.2) is 14.8 Å². The number of para-hydroxylation sites is 1. The fourth-order valence-corrected chi connectivity index (χ4v) is 6.76. The monoisotopic (exact) mass is 674 g/mol. The summed E-state index contributed by atoms with van der Waals surface area (Å²) in [6.45, 7) is 1.14. The maximum absolute atomic E-state index is 14.3. The van der Waals surface area contributed by atoms with Gasteiger partial charge in [-0.05, 0) is 46.5 Å². The van der Waals surface area contributed by atoms with Crippen LogP contribution >= 0.6 is 0 Å². The van der Waals surface area contributed by atoms with Crippen LogP contribution in [-0.4, -0.2) is 84.9 Å². The molecule has 2 saturated heterocycles. The van der Waals surface area contributed by atoms with Crippen LogP contribution in [0.5, 0.6) is 5.75 Å². The van der Waals surface area contributed by atoms with Crippen LogP contribution < -0.4 is 11.1 Å². The number of phenolic OH excluding ortho intramolecular Hbond substituents is 1. The number of piperazine rings is 1. The molecule has 2 fully saturated rings. The average molecular weight is 675 g/mol. The second kappa shape index (κ2) is 14.3. The van der Waals surface area contributed by atoms with Crippen LogP contribution in [0.3, 0.4) is 0 Å². The molecule has 258 valence electrons. The van der Waals surface area contributed by atoms with Crippen molar-refractivity contribution in [2.75, 3.05) is 25.9 Å². The third kappa shape index (κ3) is 6.83. The zero-order chi connectivity index (χ0) is 34.1. The van der Waals surface area contributed by atoms with Gasteiger partial charge in [0.25, 0.3) is 0 Å². The molecule has 2 aliphatic rings. The van der Waals surface area contributed by atoms with Crippen molar-refractivity contribution >= 4 is 34.4 Å². The van der Waals surface area contributed by atoms with E-state index in [4.69, 9.17) is 5.73 Å². The first-order valence-corrected chi connectivity index (χ1v) is 16.2. The molecular weight excluding hydrogens is 632 g/mol. The van der Waals surface area contributed by atoms with Gasteiger partial charge in [-0.15, -0.1) is 0 Å². The number of rotatable bonds is 8. The lowest BCUT2D eigenvalue weighted by Gasteiger charge is -2.54. The minimum atomic E-state index is -0.857. The summed E-state index contributed by atoms with van der Waals surface area (Å²) in [4.78, 5) is 45.1. The minimum Gasteiger partial charge on any atom is -0.508 e. The first kappa shape index (κ1) is 34.0. The number of aromatic hydroxyl groups is 1. The number of benzene rings is 4. The molecular formula is C38H42N8O4. The number of amides is 4. The number of nitrogens with two attached hydrogens (primary N) is 1. The molecule has 4 amide bonds. The number of anilines is 1. The number of hydrazine groups is 1. The number of nitrogen functional groups attached to an aromatic ring is 1. The van der Waals surface area contributed by atoms with E-state index in [1.807, 2.05) is 83.7 Å². The number of fused-ring (bicyclic) bond motifs is 2. The van der Waals surface area contributed by atoms with Gasteiger partial charge in [-0.3, -0.25) is 14.3 Å². The first-order chi connectivity index (χ1) is 23.7. The summed E-state index contributed by atoms with van der Waals surface area (Å²) in [5, 5.41) is 21.6. The zero-order valence-electron chi connectivity index (χ0n) is 27.1. The molecule has 3 heterocycles. The summed E-state index contributed by atoms with van der Waals surface area (Å²) in [5.74, 6) is -0.334. The first-order valence-electron chi connectivity index (χ1n) is 16.2. The second-order valence-corrected chi connectivity index (χ2v) is 12.6. The van der Waals surface area contributed by atoms with Crippen molar-refractivity contribution in [2.45, 2.75) is 45.7 Å². The van der Waals surface area contributed by atoms with Crippen molar-refractivity contribution < 1.29 is 19.5 Å². The molecule has 0 saturated carbocycles. The Balaban J connectivity index is 0.00000432. The number of aromatic nitrogens is 2. The van der Waals surface area contributed by atoms with Crippen molar-refractivity contribution in [1.29, 1.82) is 0 Å². The fraction of sp³-hybridized carbons (Fsp3) is 0.263. The van der Waals surface area contributed by atoms with Gasteiger partial charge in [0.15, 0.2) is 0 Å². The summed E-state index contributed by atoms with van der Waals surface area (Å²) in [6.07, 6.45) is 1.30. The third-order valence-corrected chi connectivity index (χ3v) is 9.26. The predicted octanol–water partition coefficient (Wildman–Crippen LogP) is 4.19. The van der Waals surface area contributed by atoms with Crippen molar-refractivity contribution in [3.8, 4) is 5.75 Å². The quantitative estimate of drug-likeness (QED) is 0.210. The van der Waals surface area contributed by atoms with E-state index in [2.05, 4.69) is 10.4 Å². The minimum absolute atomic E-state index is 0. The number of likely N-dealkylation sites (N-methyl/N-ethyl adjacent to an activating group) is 1. The van der Waals surface area contributed by atoms with E-state index in [9.17, 15) is 19.5 Å². The highest BCUT2D eigenvalue weighted by atomic mass is 16.3. The topological polar surface area (TPSA) is 140 Å². The van der Waals surface area contributed by atoms with Gasteiger partial charge in [-0.1, -0.05) is 80.2 Å². The number of phenols is 1. The van der Waals surface area contributed by atoms with Gasteiger partial charge in [0, 0.05) is 37.6 Å². The Morgan fingerprint density at radius 3 is 2.40 bits per heavy atom. The molecule has 0 unspecified atom stereocenters. The third-order valence-electron chi connectivity index (χ3n) is 9.26. The van der Waals surface area contributed by atoms with E-state index in [0.717, 1.165) is 33.2 Å². The maximum Gasteiger partial charge on any atom is 0.334 e. The summed E-state index contributed by atoms with van der Waals surface area (Å²) in [7, 11) is 1.71. The van der Waals surface area contributed by atoms with Gasteiger partial charge < -0.3 is 26.0 Å². The molecule has 0 bridgehead atoms. The van der Waals surface area contributed by atoms with Crippen LogP contribution in [0.4, 0.5) is 10.5 Å². The summed E-state index contributed by atoms with van der Waals surface area (Å²) >= 11 is 0. The Morgan fingerprint density at radius 1 is 0.920 bits per heavy atom. The molecule has 0 radical (unpaired) electrons. The molecule has 12 heteroatoms. The molecule has 0 spiro atoms. The number of hydrogen-bond donors (Lipinski definition) is 3. The van der Waals surface area contributed by atoms with Gasteiger partial charge in [0.1, 0.15) is 18.0 Å².